The van der Waals surface area contributed by atoms with Gasteiger partial charge in [-0.25, -0.2) is 8.42 Å². The van der Waals surface area contributed by atoms with Crippen LogP contribution in [0.3, 0.4) is 0 Å². The van der Waals surface area contributed by atoms with Crippen molar-refractivity contribution < 1.29 is 13.2 Å². The molecule has 0 radical (unpaired) electrons. The second-order valence-corrected chi connectivity index (χ2v) is 5.38. The van der Waals surface area contributed by atoms with Gasteiger partial charge in [-0.15, -0.1) is 0 Å². The zero-order valence-electron chi connectivity index (χ0n) is 7.91. The molecule has 2 rings (SSSR count). The maximum atomic E-state index is 11.7. The molecule has 0 N–H and O–H groups in total. The topological polar surface area (TPSA) is 75.9 Å². The Kier molecular flexibility index (Phi) is 2.15. The van der Waals surface area contributed by atoms with E-state index in [1.54, 1.807) is 24.3 Å². The molecular formula is C9H8N2O3S. The minimum atomic E-state index is -3.53. The van der Waals surface area contributed by atoms with Crippen LogP contribution in [0.1, 0.15) is 10.4 Å². The van der Waals surface area contributed by atoms with Crippen LogP contribution < -0.4 is 0 Å². The Labute approximate surface area is 86.8 Å². The number of hydrogen-bond donors (Lipinski definition) is 0. The Balaban J connectivity index is 2.56. The molecule has 0 spiro atoms. The molecule has 1 heterocycles. The number of Topliss-reactive ketones (excluding diaryl/α,β-unsaturated/α-hetero) is 1. The quantitative estimate of drug-likeness (QED) is 0.722. The molecule has 0 aliphatic carbocycles. The first kappa shape index (κ1) is 9.97. The smallest absolute Gasteiger partial charge is 0.234 e. The second-order valence-electron chi connectivity index (χ2n) is 3.28. The number of ketones is 1. The van der Waals surface area contributed by atoms with Crippen molar-refractivity contribution in [3.8, 4) is 0 Å². The average Bonchev–Trinajstić information content (AvgIpc) is 2.16. The Morgan fingerprint density at radius 3 is 2.60 bits per heavy atom. The molecule has 1 aliphatic rings. The van der Waals surface area contributed by atoms with E-state index in [4.69, 9.17) is 0 Å². The average molecular weight is 224 g/mol. The van der Waals surface area contributed by atoms with Crippen molar-refractivity contribution in [3.05, 3.63) is 29.8 Å². The molecule has 0 fully saturated rings. The monoisotopic (exact) mass is 224 g/mol. The predicted molar refractivity (Wildman–Crippen MR) is 53.9 cm³/mol. The van der Waals surface area contributed by atoms with Crippen molar-refractivity contribution in [2.45, 2.75) is 5.37 Å². The van der Waals surface area contributed by atoms with Gasteiger partial charge < -0.3 is 0 Å². The van der Waals surface area contributed by atoms with E-state index in [1.165, 1.54) is 0 Å². The molecule has 15 heavy (non-hydrogen) atoms. The van der Waals surface area contributed by atoms with E-state index >= 15 is 0 Å². The fourth-order valence-corrected chi connectivity index (χ4v) is 2.08. The number of carbonyl (C=O) groups is 1. The minimum absolute atomic E-state index is 0.308. The summed E-state index contributed by atoms with van der Waals surface area (Å²) in [5.74, 6) is -0.511. The van der Waals surface area contributed by atoms with Crippen LogP contribution in [-0.4, -0.2) is 25.8 Å². The summed E-state index contributed by atoms with van der Waals surface area (Å²) in [5.41, 5.74) is 0.727. The van der Waals surface area contributed by atoms with Crippen LogP contribution in [0.2, 0.25) is 0 Å². The summed E-state index contributed by atoms with van der Waals surface area (Å²) in [6, 6.07) is 6.55. The van der Waals surface area contributed by atoms with Gasteiger partial charge in [0.05, 0.1) is 5.69 Å². The highest BCUT2D eigenvalue weighted by Gasteiger charge is 2.33. The van der Waals surface area contributed by atoms with Crippen LogP contribution in [0.25, 0.3) is 0 Å². The molecule has 0 aromatic heterocycles. The molecule has 5 nitrogen and oxygen atoms in total. The normalized spacial score (nSPS) is 20.1. The first-order valence-electron chi connectivity index (χ1n) is 4.23. The number of fused-ring (bicyclic) bond motifs is 1. The minimum Gasteiger partial charge on any atom is -0.290 e. The first-order valence-corrected chi connectivity index (χ1v) is 6.18. The number of sulfone groups is 1. The molecule has 6 heteroatoms. The Hall–Kier alpha value is -1.56. The van der Waals surface area contributed by atoms with Gasteiger partial charge in [-0.2, -0.15) is 10.2 Å². The number of rotatable bonds is 1. The van der Waals surface area contributed by atoms with Crippen molar-refractivity contribution in [3.63, 3.8) is 0 Å². The summed E-state index contributed by atoms with van der Waals surface area (Å²) in [5, 5.41) is 5.84. The third-order valence-corrected chi connectivity index (χ3v) is 3.19. The fourth-order valence-electron chi connectivity index (χ4n) is 1.35. The molecule has 1 unspecified atom stereocenters. The zero-order valence-corrected chi connectivity index (χ0v) is 8.73. The third kappa shape index (κ3) is 1.68. The van der Waals surface area contributed by atoms with Gasteiger partial charge >= 0.3 is 0 Å². The molecule has 0 amide bonds. The molecule has 0 saturated carbocycles. The van der Waals surface area contributed by atoms with Crippen molar-refractivity contribution in [1.29, 1.82) is 0 Å². The molecule has 0 saturated heterocycles. The van der Waals surface area contributed by atoms with Gasteiger partial charge in [-0.05, 0) is 12.1 Å². The Bertz CT molecular complexity index is 548. The molecule has 1 aliphatic heterocycles. The van der Waals surface area contributed by atoms with E-state index < -0.39 is 21.0 Å². The van der Waals surface area contributed by atoms with Crippen LogP contribution in [0.5, 0.6) is 0 Å². The molecule has 78 valence electrons. The van der Waals surface area contributed by atoms with Crippen LogP contribution in [0, 0.1) is 0 Å². The largest absolute Gasteiger partial charge is 0.290 e. The number of carbonyl (C=O) groups excluding carboxylic acids is 1. The zero-order chi connectivity index (χ0) is 11.1. The SMILES string of the molecule is CS(=O)(=O)C1N=Nc2ccccc2C1=O. The molecule has 1 atom stereocenters. The van der Waals surface area contributed by atoms with Crippen LogP contribution in [0.15, 0.2) is 34.5 Å². The third-order valence-electron chi connectivity index (χ3n) is 2.07. The van der Waals surface area contributed by atoms with Gasteiger partial charge in [0.1, 0.15) is 0 Å². The lowest BCUT2D eigenvalue weighted by Gasteiger charge is -2.14. The Morgan fingerprint density at radius 1 is 1.27 bits per heavy atom. The van der Waals surface area contributed by atoms with Gasteiger partial charge in [-0.3, -0.25) is 4.79 Å². The lowest BCUT2D eigenvalue weighted by Crippen LogP contribution is -2.29. The predicted octanol–water partition coefficient (Wildman–Crippen LogP) is 1.34. The van der Waals surface area contributed by atoms with Gasteiger partial charge in [0, 0.05) is 11.8 Å². The number of benzene rings is 1. The summed E-state index contributed by atoms with van der Waals surface area (Å²) in [4.78, 5) is 11.7. The number of hydrogen-bond acceptors (Lipinski definition) is 5. The van der Waals surface area contributed by atoms with Gasteiger partial charge in [0.15, 0.2) is 9.84 Å². The van der Waals surface area contributed by atoms with E-state index in [2.05, 4.69) is 10.2 Å². The van der Waals surface area contributed by atoms with E-state index in [-0.39, 0.29) is 0 Å². The summed E-state index contributed by atoms with van der Waals surface area (Å²) in [7, 11) is -3.53. The maximum Gasteiger partial charge on any atom is 0.234 e. The van der Waals surface area contributed by atoms with Gasteiger partial charge in [-0.1, -0.05) is 12.1 Å². The van der Waals surface area contributed by atoms with Crippen LogP contribution >= 0.6 is 0 Å². The number of azo groups is 1. The summed E-state index contributed by atoms with van der Waals surface area (Å²) >= 11 is 0. The van der Waals surface area contributed by atoms with E-state index in [1.807, 2.05) is 0 Å². The second kappa shape index (κ2) is 3.23. The fraction of sp³-hybridized carbons (Fsp3) is 0.222. The van der Waals surface area contributed by atoms with Crippen molar-refractivity contribution >= 4 is 21.3 Å². The van der Waals surface area contributed by atoms with E-state index in [0.29, 0.717) is 11.3 Å². The summed E-state index contributed by atoms with van der Waals surface area (Å²) < 4.78 is 22.5. The van der Waals surface area contributed by atoms with Gasteiger partial charge in [0.25, 0.3) is 0 Å². The number of nitrogens with zero attached hydrogens (tertiary/aromatic N) is 2. The summed E-state index contributed by atoms with van der Waals surface area (Å²) in [6.45, 7) is 0. The van der Waals surface area contributed by atoms with E-state index in [9.17, 15) is 13.2 Å². The van der Waals surface area contributed by atoms with Crippen LogP contribution in [0.4, 0.5) is 5.69 Å². The highest BCUT2D eigenvalue weighted by Crippen LogP contribution is 2.27. The Morgan fingerprint density at radius 2 is 1.93 bits per heavy atom. The van der Waals surface area contributed by atoms with Crippen LogP contribution in [-0.2, 0) is 9.84 Å². The molecule has 1 aromatic carbocycles. The lowest BCUT2D eigenvalue weighted by atomic mass is 10.1. The maximum absolute atomic E-state index is 11.7. The lowest BCUT2D eigenvalue weighted by molar-refractivity contribution is 0.0984. The van der Waals surface area contributed by atoms with Crippen molar-refractivity contribution in [2.24, 2.45) is 10.2 Å². The van der Waals surface area contributed by atoms with E-state index in [0.717, 1.165) is 6.26 Å². The molecular weight excluding hydrogens is 216 g/mol. The standard InChI is InChI=1S/C9H8N2O3S/c1-15(13,14)9-8(12)6-4-2-3-5-7(6)10-11-9/h2-5,9H,1H3. The molecule has 0 bridgehead atoms. The highest BCUT2D eigenvalue weighted by molar-refractivity contribution is 7.92. The molecule has 1 aromatic rings. The van der Waals surface area contributed by atoms with Crippen molar-refractivity contribution in [2.75, 3.05) is 6.26 Å². The highest BCUT2D eigenvalue weighted by atomic mass is 32.2. The van der Waals surface area contributed by atoms with Gasteiger partial charge in [0.2, 0.25) is 11.2 Å². The van der Waals surface area contributed by atoms with Crippen molar-refractivity contribution in [1.82, 2.24) is 0 Å². The summed E-state index contributed by atoms with van der Waals surface area (Å²) in [6.07, 6.45) is 0.975. The first-order chi connectivity index (χ1) is 7.00.